The number of nitrogens with zero attached hydrogens (tertiary/aromatic N) is 2. The normalized spacial score (nSPS) is 11.3. The molecule has 0 fully saturated rings. The zero-order chi connectivity index (χ0) is 20.1. The molecule has 1 N–H and O–H groups in total. The molecular formula is C20H18F3N3O2. The molecule has 0 bridgehead atoms. The largest absolute Gasteiger partial charge is 0.497 e. The van der Waals surface area contributed by atoms with Crippen LogP contribution in [0.2, 0.25) is 0 Å². The van der Waals surface area contributed by atoms with Crippen molar-refractivity contribution in [2.75, 3.05) is 13.7 Å². The van der Waals surface area contributed by atoms with Crippen LogP contribution in [0, 0.1) is 0 Å². The van der Waals surface area contributed by atoms with Crippen molar-refractivity contribution in [3.8, 4) is 11.4 Å². The first-order valence-corrected chi connectivity index (χ1v) is 8.52. The number of hydrogen-bond acceptors (Lipinski definition) is 3. The van der Waals surface area contributed by atoms with Crippen LogP contribution in [-0.4, -0.2) is 29.3 Å². The third-order valence-corrected chi connectivity index (χ3v) is 4.14. The summed E-state index contributed by atoms with van der Waals surface area (Å²) in [7, 11) is 1.46. The number of halogens is 3. The molecule has 0 aliphatic rings. The first-order valence-electron chi connectivity index (χ1n) is 8.52. The van der Waals surface area contributed by atoms with E-state index in [0.717, 1.165) is 11.8 Å². The molecule has 1 amide bonds. The summed E-state index contributed by atoms with van der Waals surface area (Å²) >= 11 is 0. The molecule has 0 saturated carbocycles. The van der Waals surface area contributed by atoms with Crippen LogP contribution in [0.5, 0.6) is 5.75 Å². The Balaban J connectivity index is 1.82. The van der Waals surface area contributed by atoms with Gasteiger partial charge in [0.05, 0.1) is 24.6 Å². The molecule has 3 aromatic rings. The number of ether oxygens (including phenoxy) is 1. The summed E-state index contributed by atoms with van der Waals surface area (Å²) in [6.07, 6.45) is -3.30. The number of benzene rings is 2. The van der Waals surface area contributed by atoms with E-state index in [1.54, 1.807) is 0 Å². The minimum absolute atomic E-state index is 0.177. The summed E-state index contributed by atoms with van der Waals surface area (Å²) in [5.74, 6) is -0.314. The van der Waals surface area contributed by atoms with Crippen molar-refractivity contribution >= 4 is 5.91 Å². The first-order chi connectivity index (χ1) is 13.4. The number of amides is 1. The maximum Gasteiger partial charge on any atom is 0.434 e. The fraction of sp³-hybridized carbons (Fsp3) is 0.200. The van der Waals surface area contributed by atoms with Crippen LogP contribution in [-0.2, 0) is 12.6 Å². The Morgan fingerprint density at radius 3 is 2.39 bits per heavy atom. The van der Waals surface area contributed by atoms with Gasteiger partial charge in [-0.15, -0.1) is 0 Å². The minimum atomic E-state index is -4.75. The van der Waals surface area contributed by atoms with E-state index in [2.05, 4.69) is 10.4 Å². The molecule has 3 rings (SSSR count). The van der Waals surface area contributed by atoms with Crippen LogP contribution in [0.15, 0.2) is 60.8 Å². The first kappa shape index (κ1) is 19.5. The number of hydrogen-bond donors (Lipinski definition) is 1. The van der Waals surface area contributed by atoms with Crippen LogP contribution in [0.4, 0.5) is 13.2 Å². The molecule has 0 aliphatic heterocycles. The molecule has 0 atom stereocenters. The molecule has 28 heavy (non-hydrogen) atoms. The van der Waals surface area contributed by atoms with Gasteiger partial charge in [0.25, 0.3) is 5.91 Å². The lowest BCUT2D eigenvalue weighted by Crippen LogP contribution is -2.28. The third-order valence-electron chi connectivity index (χ3n) is 4.14. The molecular weight excluding hydrogens is 371 g/mol. The maximum absolute atomic E-state index is 13.7. The highest BCUT2D eigenvalue weighted by Crippen LogP contribution is 2.33. The van der Waals surface area contributed by atoms with E-state index in [9.17, 15) is 18.0 Å². The number of rotatable bonds is 6. The van der Waals surface area contributed by atoms with Gasteiger partial charge in [-0.2, -0.15) is 18.3 Å². The number of aromatic nitrogens is 2. The number of alkyl halides is 3. The second-order valence-corrected chi connectivity index (χ2v) is 6.01. The lowest BCUT2D eigenvalue weighted by atomic mass is 10.1. The van der Waals surface area contributed by atoms with E-state index in [1.165, 1.54) is 31.4 Å². The topological polar surface area (TPSA) is 56.2 Å². The van der Waals surface area contributed by atoms with E-state index in [4.69, 9.17) is 4.74 Å². The Hall–Kier alpha value is -3.29. The van der Waals surface area contributed by atoms with Gasteiger partial charge in [-0.25, -0.2) is 4.68 Å². The van der Waals surface area contributed by atoms with Crippen molar-refractivity contribution < 1.29 is 22.7 Å². The lowest BCUT2D eigenvalue weighted by Gasteiger charge is -2.13. The highest BCUT2D eigenvalue weighted by molar-refractivity contribution is 5.95. The second-order valence-electron chi connectivity index (χ2n) is 6.01. The van der Waals surface area contributed by atoms with E-state index in [0.29, 0.717) is 16.9 Å². The van der Waals surface area contributed by atoms with Gasteiger partial charge in [0.2, 0.25) is 0 Å². The highest BCUT2D eigenvalue weighted by Gasteiger charge is 2.40. The minimum Gasteiger partial charge on any atom is -0.497 e. The van der Waals surface area contributed by atoms with E-state index in [1.807, 2.05) is 30.3 Å². The molecule has 1 aromatic heterocycles. The van der Waals surface area contributed by atoms with Crippen molar-refractivity contribution in [1.82, 2.24) is 15.1 Å². The molecule has 0 aliphatic carbocycles. The van der Waals surface area contributed by atoms with Crippen LogP contribution in [0.3, 0.4) is 0 Å². The summed E-state index contributed by atoms with van der Waals surface area (Å²) in [6.45, 7) is 0.216. The molecule has 0 radical (unpaired) electrons. The maximum atomic E-state index is 13.7. The Bertz CT molecular complexity index is 936. The van der Waals surface area contributed by atoms with Gasteiger partial charge in [0.15, 0.2) is 5.69 Å². The predicted molar refractivity (Wildman–Crippen MR) is 97.6 cm³/mol. The number of carbonyl (C=O) groups is 1. The molecule has 146 valence electrons. The molecule has 5 nitrogen and oxygen atoms in total. The number of methoxy groups -OCH3 is 1. The lowest BCUT2D eigenvalue weighted by molar-refractivity contribution is -0.143. The molecule has 0 saturated heterocycles. The van der Waals surface area contributed by atoms with Crippen molar-refractivity contribution in [3.63, 3.8) is 0 Å². The average Bonchev–Trinajstić information content (AvgIpc) is 3.15. The summed E-state index contributed by atoms with van der Waals surface area (Å²) in [6, 6.07) is 15.3. The van der Waals surface area contributed by atoms with Gasteiger partial charge in [0, 0.05) is 6.54 Å². The SMILES string of the molecule is COc1ccc(-n2ncc(C(=O)NCCc3ccccc3)c2C(F)(F)F)cc1. The van der Waals surface area contributed by atoms with Crippen LogP contribution >= 0.6 is 0 Å². The fourth-order valence-electron chi connectivity index (χ4n) is 2.77. The average molecular weight is 389 g/mol. The highest BCUT2D eigenvalue weighted by atomic mass is 19.4. The Morgan fingerprint density at radius 1 is 1.11 bits per heavy atom. The van der Waals surface area contributed by atoms with Crippen LogP contribution in [0.25, 0.3) is 5.69 Å². The van der Waals surface area contributed by atoms with Crippen molar-refractivity contribution in [3.05, 3.63) is 77.6 Å². The van der Waals surface area contributed by atoms with E-state index < -0.39 is 23.3 Å². The molecule has 0 unspecified atom stereocenters. The Morgan fingerprint density at radius 2 is 1.79 bits per heavy atom. The zero-order valence-corrected chi connectivity index (χ0v) is 15.0. The molecule has 8 heteroatoms. The molecule has 1 heterocycles. The van der Waals surface area contributed by atoms with Crippen molar-refractivity contribution in [2.24, 2.45) is 0 Å². The van der Waals surface area contributed by atoms with Gasteiger partial charge >= 0.3 is 6.18 Å². The van der Waals surface area contributed by atoms with Crippen LogP contribution in [0.1, 0.15) is 21.6 Å². The van der Waals surface area contributed by atoms with Crippen molar-refractivity contribution in [1.29, 1.82) is 0 Å². The van der Waals surface area contributed by atoms with Gasteiger partial charge in [-0.05, 0) is 36.2 Å². The van der Waals surface area contributed by atoms with E-state index in [-0.39, 0.29) is 12.2 Å². The molecule has 2 aromatic carbocycles. The van der Waals surface area contributed by atoms with E-state index >= 15 is 0 Å². The quantitative estimate of drug-likeness (QED) is 0.696. The molecule has 0 spiro atoms. The van der Waals surface area contributed by atoms with Crippen molar-refractivity contribution in [2.45, 2.75) is 12.6 Å². The van der Waals surface area contributed by atoms with Gasteiger partial charge in [0.1, 0.15) is 5.75 Å². The fourth-order valence-corrected chi connectivity index (χ4v) is 2.77. The monoisotopic (exact) mass is 389 g/mol. The predicted octanol–water partition coefficient (Wildman–Crippen LogP) is 3.87. The number of nitrogens with one attached hydrogen (secondary N) is 1. The summed E-state index contributed by atoms with van der Waals surface area (Å²) in [5, 5.41) is 6.32. The standard InChI is InChI=1S/C20H18F3N3O2/c1-28-16-9-7-15(8-10-16)26-18(20(21,22)23)17(13-25-26)19(27)24-12-11-14-5-3-2-4-6-14/h2-10,13H,11-12H2,1H3,(H,24,27). The van der Waals surface area contributed by atoms with Crippen LogP contribution < -0.4 is 10.1 Å². The van der Waals surface area contributed by atoms with Gasteiger partial charge in [-0.3, -0.25) is 4.79 Å². The Kier molecular flexibility index (Phi) is 5.67. The van der Waals surface area contributed by atoms with Gasteiger partial charge in [-0.1, -0.05) is 30.3 Å². The smallest absolute Gasteiger partial charge is 0.434 e. The summed E-state index contributed by atoms with van der Waals surface area (Å²) < 4.78 is 46.7. The van der Waals surface area contributed by atoms with Gasteiger partial charge < -0.3 is 10.1 Å². The Labute approximate surface area is 159 Å². The number of carbonyl (C=O) groups excluding carboxylic acids is 1. The second kappa shape index (κ2) is 8.16. The third kappa shape index (κ3) is 4.33. The summed E-state index contributed by atoms with van der Waals surface area (Å²) in [5.41, 5.74) is -0.476. The zero-order valence-electron chi connectivity index (χ0n) is 15.0. The summed E-state index contributed by atoms with van der Waals surface area (Å²) in [4.78, 5) is 12.4.